The number of carboxylic acid groups (broad SMARTS) is 1. The number of anilines is 1. The van der Waals surface area contributed by atoms with Crippen molar-refractivity contribution < 1.29 is 14.7 Å². The molecule has 0 heterocycles. The van der Waals surface area contributed by atoms with Crippen molar-refractivity contribution in [3.8, 4) is 0 Å². The first kappa shape index (κ1) is 13.0. The van der Waals surface area contributed by atoms with Crippen LogP contribution >= 0.6 is 0 Å². The minimum atomic E-state index is -1.03. The van der Waals surface area contributed by atoms with E-state index in [9.17, 15) is 9.59 Å². The summed E-state index contributed by atoms with van der Waals surface area (Å²) in [4.78, 5) is 22.3. The highest BCUT2D eigenvalue weighted by Crippen LogP contribution is 2.12. The predicted octanol–water partition coefficient (Wildman–Crippen LogP) is 1.98. The van der Waals surface area contributed by atoms with Crippen molar-refractivity contribution >= 4 is 17.7 Å². The van der Waals surface area contributed by atoms with Crippen molar-refractivity contribution in [1.82, 2.24) is 5.32 Å². The Morgan fingerprint density at radius 1 is 1.35 bits per heavy atom. The predicted molar refractivity (Wildman–Crippen MR) is 65.0 cm³/mol. The summed E-state index contributed by atoms with van der Waals surface area (Å²) in [5.74, 6) is -1.03. The number of rotatable bonds is 4. The Kier molecular flexibility index (Phi) is 4.51. The smallest absolute Gasteiger partial charge is 0.326 e. The lowest BCUT2D eigenvalue weighted by Crippen LogP contribution is -2.42. The molecule has 0 saturated heterocycles. The maximum Gasteiger partial charge on any atom is 0.326 e. The fourth-order valence-electron chi connectivity index (χ4n) is 1.37. The summed E-state index contributed by atoms with van der Waals surface area (Å²) in [6, 6.07) is 5.93. The number of hydrogen-bond donors (Lipinski definition) is 3. The van der Waals surface area contributed by atoms with Gasteiger partial charge in [0.25, 0.3) is 0 Å². The first-order chi connectivity index (χ1) is 8.04. The first-order valence-electron chi connectivity index (χ1n) is 5.40. The number of carbonyl (C=O) groups is 2. The molecule has 0 aliphatic rings. The van der Waals surface area contributed by atoms with Gasteiger partial charge in [0.15, 0.2) is 0 Å². The SMILES string of the molecule is CC[C@H](NC(=O)Nc1ccccc1C)C(=O)O. The van der Waals surface area contributed by atoms with Gasteiger partial charge in [-0.1, -0.05) is 25.1 Å². The van der Waals surface area contributed by atoms with Crippen LogP contribution in [0.4, 0.5) is 10.5 Å². The van der Waals surface area contributed by atoms with E-state index in [-0.39, 0.29) is 0 Å². The van der Waals surface area contributed by atoms with E-state index in [0.717, 1.165) is 5.56 Å². The van der Waals surface area contributed by atoms with Crippen LogP contribution in [0, 0.1) is 6.92 Å². The van der Waals surface area contributed by atoms with Crippen LogP contribution in [0.5, 0.6) is 0 Å². The second kappa shape index (κ2) is 5.89. The van der Waals surface area contributed by atoms with E-state index < -0.39 is 18.0 Å². The highest BCUT2D eigenvalue weighted by Gasteiger charge is 2.17. The van der Waals surface area contributed by atoms with Gasteiger partial charge in [0.05, 0.1) is 0 Å². The normalized spacial score (nSPS) is 11.6. The molecule has 1 aromatic carbocycles. The third-order valence-corrected chi connectivity index (χ3v) is 2.40. The number of aliphatic carboxylic acids is 1. The highest BCUT2D eigenvalue weighted by molar-refractivity contribution is 5.92. The van der Waals surface area contributed by atoms with Crippen molar-refractivity contribution in [1.29, 1.82) is 0 Å². The average Bonchev–Trinajstić information content (AvgIpc) is 2.28. The molecule has 0 saturated carbocycles. The van der Waals surface area contributed by atoms with Gasteiger partial charge in [0.2, 0.25) is 0 Å². The van der Waals surface area contributed by atoms with E-state index >= 15 is 0 Å². The Bertz CT molecular complexity index is 418. The Morgan fingerprint density at radius 3 is 2.53 bits per heavy atom. The van der Waals surface area contributed by atoms with Crippen LogP contribution in [0.2, 0.25) is 0 Å². The fraction of sp³-hybridized carbons (Fsp3) is 0.333. The van der Waals surface area contributed by atoms with Crippen LogP contribution < -0.4 is 10.6 Å². The maximum atomic E-state index is 11.6. The largest absolute Gasteiger partial charge is 0.480 e. The molecule has 2 amide bonds. The molecule has 5 heteroatoms. The zero-order chi connectivity index (χ0) is 12.8. The molecule has 92 valence electrons. The van der Waals surface area contributed by atoms with E-state index in [4.69, 9.17) is 5.11 Å². The van der Waals surface area contributed by atoms with E-state index in [1.165, 1.54) is 0 Å². The molecule has 0 fully saturated rings. The second-order valence-electron chi connectivity index (χ2n) is 3.71. The van der Waals surface area contributed by atoms with Crippen LogP contribution in [-0.2, 0) is 4.79 Å². The summed E-state index contributed by atoms with van der Waals surface area (Å²) in [6.45, 7) is 3.57. The standard InChI is InChI=1S/C12H16N2O3/c1-3-9(11(15)16)13-12(17)14-10-7-5-4-6-8(10)2/h4-7,9H,3H2,1-2H3,(H,15,16)(H2,13,14,17)/t9-/m0/s1. The molecule has 1 atom stereocenters. The van der Waals surface area contributed by atoms with Gasteiger partial charge >= 0.3 is 12.0 Å². The van der Waals surface area contributed by atoms with Gasteiger partial charge in [0.1, 0.15) is 6.04 Å². The molecule has 5 nitrogen and oxygen atoms in total. The molecule has 1 aromatic rings. The zero-order valence-electron chi connectivity index (χ0n) is 9.86. The van der Waals surface area contributed by atoms with Gasteiger partial charge < -0.3 is 15.7 Å². The molecule has 0 aliphatic carbocycles. The van der Waals surface area contributed by atoms with Crippen molar-refractivity contribution in [3.63, 3.8) is 0 Å². The molecule has 0 radical (unpaired) electrons. The topological polar surface area (TPSA) is 78.4 Å². The quantitative estimate of drug-likeness (QED) is 0.748. The molecule has 0 spiro atoms. The van der Waals surface area contributed by atoms with Gasteiger partial charge in [0, 0.05) is 5.69 Å². The van der Waals surface area contributed by atoms with Crippen molar-refractivity contribution in [2.45, 2.75) is 26.3 Å². The monoisotopic (exact) mass is 236 g/mol. The summed E-state index contributed by atoms with van der Waals surface area (Å²) in [7, 11) is 0. The van der Waals surface area contributed by atoms with Crippen LogP contribution in [0.25, 0.3) is 0 Å². The summed E-state index contributed by atoms with van der Waals surface area (Å²) >= 11 is 0. The van der Waals surface area contributed by atoms with Crippen LogP contribution in [0.15, 0.2) is 24.3 Å². The lowest BCUT2D eigenvalue weighted by molar-refractivity contribution is -0.139. The summed E-state index contributed by atoms with van der Waals surface area (Å²) in [6.07, 6.45) is 0.344. The van der Waals surface area contributed by atoms with Crippen LogP contribution in [0.1, 0.15) is 18.9 Å². The molecular weight excluding hydrogens is 220 g/mol. The van der Waals surface area contributed by atoms with Crippen LogP contribution in [0.3, 0.4) is 0 Å². The molecule has 0 aliphatic heterocycles. The number of para-hydroxylation sites is 1. The Balaban J connectivity index is 2.61. The molecule has 1 rings (SSSR count). The number of benzene rings is 1. The lowest BCUT2D eigenvalue weighted by Gasteiger charge is -2.14. The average molecular weight is 236 g/mol. The van der Waals surface area contributed by atoms with Crippen molar-refractivity contribution in [2.75, 3.05) is 5.32 Å². The number of aryl methyl sites for hydroxylation is 1. The van der Waals surface area contributed by atoms with Gasteiger partial charge in [-0.25, -0.2) is 9.59 Å². The number of amides is 2. The third kappa shape index (κ3) is 3.79. The fourth-order valence-corrected chi connectivity index (χ4v) is 1.37. The Morgan fingerprint density at radius 2 is 2.00 bits per heavy atom. The minimum absolute atomic E-state index is 0.344. The summed E-state index contributed by atoms with van der Waals surface area (Å²) in [5.41, 5.74) is 1.59. The summed E-state index contributed by atoms with van der Waals surface area (Å²) < 4.78 is 0. The zero-order valence-corrected chi connectivity index (χ0v) is 9.86. The molecule has 0 bridgehead atoms. The molecule has 0 unspecified atom stereocenters. The number of carboxylic acids is 1. The molecule has 17 heavy (non-hydrogen) atoms. The number of urea groups is 1. The Labute approximate surface area is 99.8 Å². The van der Waals surface area contributed by atoms with Crippen molar-refractivity contribution in [2.24, 2.45) is 0 Å². The van der Waals surface area contributed by atoms with E-state index in [1.54, 1.807) is 19.1 Å². The van der Waals surface area contributed by atoms with Gasteiger partial charge in [-0.05, 0) is 25.0 Å². The number of nitrogens with one attached hydrogen (secondary N) is 2. The molecule has 0 aromatic heterocycles. The minimum Gasteiger partial charge on any atom is -0.480 e. The first-order valence-corrected chi connectivity index (χ1v) is 5.40. The molecule has 3 N–H and O–H groups in total. The summed E-state index contributed by atoms with van der Waals surface area (Å²) in [5, 5.41) is 13.8. The van der Waals surface area contributed by atoms with Gasteiger partial charge in [-0.15, -0.1) is 0 Å². The maximum absolute atomic E-state index is 11.6. The van der Waals surface area contributed by atoms with Gasteiger partial charge in [-0.2, -0.15) is 0 Å². The molecular formula is C12H16N2O3. The van der Waals surface area contributed by atoms with Crippen molar-refractivity contribution in [3.05, 3.63) is 29.8 Å². The van der Waals surface area contributed by atoms with E-state index in [1.807, 2.05) is 19.1 Å². The third-order valence-electron chi connectivity index (χ3n) is 2.40. The lowest BCUT2D eigenvalue weighted by atomic mass is 10.2. The van der Waals surface area contributed by atoms with E-state index in [0.29, 0.717) is 12.1 Å². The van der Waals surface area contributed by atoms with Crippen LogP contribution in [-0.4, -0.2) is 23.1 Å². The van der Waals surface area contributed by atoms with E-state index in [2.05, 4.69) is 10.6 Å². The second-order valence-corrected chi connectivity index (χ2v) is 3.71. The Hall–Kier alpha value is -2.04. The number of carbonyl (C=O) groups excluding carboxylic acids is 1. The van der Waals surface area contributed by atoms with Gasteiger partial charge in [-0.3, -0.25) is 0 Å². The number of hydrogen-bond acceptors (Lipinski definition) is 2. The highest BCUT2D eigenvalue weighted by atomic mass is 16.4.